The topological polar surface area (TPSA) is 63.7 Å². The van der Waals surface area contributed by atoms with E-state index in [-0.39, 0.29) is 17.0 Å². The Morgan fingerprint density at radius 2 is 1.69 bits per heavy atom. The lowest BCUT2D eigenvalue weighted by atomic mass is 9.93. The Kier molecular flexibility index (Phi) is 6.01. The number of nitrogens with zero attached hydrogens (tertiary/aromatic N) is 1. The molecule has 0 saturated carbocycles. The van der Waals surface area contributed by atoms with Crippen molar-refractivity contribution in [3.05, 3.63) is 69.7 Å². The maximum Gasteiger partial charge on any atom is 0.417 e. The summed E-state index contributed by atoms with van der Waals surface area (Å²) in [7, 11) is 0. The molecule has 0 radical (unpaired) electrons. The van der Waals surface area contributed by atoms with Crippen LogP contribution >= 0.6 is 23.2 Å². The van der Waals surface area contributed by atoms with Crippen LogP contribution in [0.3, 0.4) is 0 Å². The number of carbonyl (C=O) groups excluding carboxylic acids is 3. The van der Waals surface area contributed by atoms with E-state index in [2.05, 4.69) is 0 Å². The van der Waals surface area contributed by atoms with Crippen molar-refractivity contribution in [3.8, 4) is 0 Å². The first-order valence-corrected chi connectivity index (χ1v) is 9.94. The van der Waals surface area contributed by atoms with Gasteiger partial charge < -0.3 is 4.74 Å². The van der Waals surface area contributed by atoms with Crippen molar-refractivity contribution >= 4 is 41.0 Å². The summed E-state index contributed by atoms with van der Waals surface area (Å²) in [5.41, 5.74) is 0.261. The Morgan fingerprint density at radius 3 is 2.28 bits per heavy atom. The summed E-state index contributed by atoms with van der Waals surface area (Å²) in [5.74, 6) is -1.99. The average molecular weight is 434 g/mol. The first-order valence-electron chi connectivity index (χ1n) is 9.19. The van der Waals surface area contributed by atoms with Gasteiger partial charge in [0, 0.05) is 5.56 Å². The van der Waals surface area contributed by atoms with Crippen molar-refractivity contribution in [2.75, 3.05) is 0 Å². The van der Waals surface area contributed by atoms with Crippen molar-refractivity contribution in [2.45, 2.75) is 38.8 Å². The molecule has 1 aliphatic rings. The van der Waals surface area contributed by atoms with Crippen LogP contribution in [-0.4, -0.2) is 28.3 Å². The number of carbonyl (C=O) groups is 3. The molecule has 2 unspecified atom stereocenters. The summed E-state index contributed by atoms with van der Waals surface area (Å²) in [4.78, 5) is 40.0. The number of ether oxygens (including phenoxy) is 1. The molecular formula is C22H21Cl2NO4. The summed E-state index contributed by atoms with van der Waals surface area (Å²) < 4.78 is 5.43. The van der Waals surface area contributed by atoms with Crippen molar-refractivity contribution in [3.63, 3.8) is 0 Å². The molecule has 152 valence electrons. The quantitative estimate of drug-likeness (QED) is 0.459. The highest BCUT2D eigenvalue weighted by atomic mass is 35.5. The van der Waals surface area contributed by atoms with Crippen molar-refractivity contribution < 1.29 is 19.1 Å². The molecule has 2 amide bonds. The monoisotopic (exact) mass is 433 g/mol. The Hall–Kier alpha value is -2.37. The van der Waals surface area contributed by atoms with E-state index in [4.69, 9.17) is 27.9 Å². The molecule has 1 fully saturated rings. The van der Waals surface area contributed by atoms with Crippen LogP contribution in [0.4, 0.5) is 4.79 Å². The second kappa shape index (κ2) is 8.17. The van der Waals surface area contributed by atoms with E-state index in [1.807, 2.05) is 30.3 Å². The number of hydrogen-bond acceptors (Lipinski definition) is 4. The maximum atomic E-state index is 13.1. The Morgan fingerprint density at radius 1 is 1.03 bits per heavy atom. The molecule has 2 aromatic carbocycles. The van der Waals surface area contributed by atoms with Crippen LogP contribution in [0.15, 0.2) is 48.5 Å². The number of likely N-dealkylation sites (tertiary alicyclic amines) is 1. The van der Waals surface area contributed by atoms with Gasteiger partial charge in [-0.3, -0.25) is 9.59 Å². The van der Waals surface area contributed by atoms with Crippen LogP contribution in [0.5, 0.6) is 0 Å². The number of Topliss-reactive ketones (excluding diaryl/α,β-unsaturated/α-hetero) is 1. The van der Waals surface area contributed by atoms with Crippen LogP contribution in [0.25, 0.3) is 0 Å². The van der Waals surface area contributed by atoms with Gasteiger partial charge >= 0.3 is 6.09 Å². The molecule has 0 aliphatic carbocycles. The van der Waals surface area contributed by atoms with Gasteiger partial charge in [0.25, 0.3) is 0 Å². The minimum Gasteiger partial charge on any atom is -0.443 e. The minimum absolute atomic E-state index is 0.168. The third kappa shape index (κ3) is 4.62. The number of ketones is 1. The zero-order chi connectivity index (χ0) is 21.3. The highest BCUT2D eigenvalue weighted by Crippen LogP contribution is 2.39. The van der Waals surface area contributed by atoms with E-state index in [1.54, 1.807) is 20.8 Å². The number of benzene rings is 2. The first-order chi connectivity index (χ1) is 13.6. The highest BCUT2D eigenvalue weighted by molar-refractivity contribution is 6.42. The van der Waals surface area contributed by atoms with E-state index in [0.717, 1.165) is 10.5 Å². The lowest BCUT2D eigenvalue weighted by Gasteiger charge is -2.27. The van der Waals surface area contributed by atoms with Gasteiger partial charge in [0.2, 0.25) is 5.91 Å². The van der Waals surface area contributed by atoms with Gasteiger partial charge in [-0.25, -0.2) is 9.69 Å². The second-order valence-electron chi connectivity index (χ2n) is 7.90. The smallest absolute Gasteiger partial charge is 0.417 e. The molecule has 1 aliphatic heterocycles. The number of hydrogen-bond donors (Lipinski definition) is 0. The van der Waals surface area contributed by atoms with E-state index in [0.29, 0.717) is 5.02 Å². The predicted octanol–water partition coefficient (Wildman–Crippen LogP) is 5.70. The fraction of sp³-hybridized carbons (Fsp3) is 0.318. The minimum atomic E-state index is -1.01. The van der Waals surface area contributed by atoms with Gasteiger partial charge in [-0.05, 0) is 51.0 Å². The maximum absolute atomic E-state index is 13.1. The first kappa shape index (κ1) is 21.3. The second-order valence-corrected chi connectivity index (χ2v) is 8.71. The molecule has 2 atom stereocenters. The summed E-state index contributed by atoms with van der Waals surface area (Å²) >= 11 is 11.9. The molecule has 1 saturated heterocycles. The predicted molar refractivity (Wildman–Crippen MR) is 111 cm³/mol. The Balaban J connectivity index is 1.96. The highest BCUT2D eigenvalue weighted by Gasteiger charge is 2.48. The number of imide groups is 1. The molecule has 1 heterocycles. The third-order valence-corrected chi connectivity index (χ3v) is 5.34. The molecule has 5 nitrogen and oxygen atoms in total. The van der Waals surface area contributed by atoms with Crippen LogP contribution in [0.2, 0.25) is 10.0 Å². The molecule has 2 aromatic rings. The fourth-order valence-corrected chi connectivity index (χ4v) is 3.61. The van der Waals surface area contributed by atoms with Gasteiger partial charge in [0.15, 0.2) is 5.78 Å². The summed E-state index contributed by atoms with van der Waals surface area (Å²) in [6, 6.07) is 13.0. The Bertz CT molecular complexity index is 953. The van der Waals surface area contributed by atoms with Crippen LogP contribution in [-0.2, 0) is 9.53 Å². The number of amides is 2. The lowest BCUT2D eigenvalue weighted by molar-refractivity contribution is -0.130. The van der Waals surface area contributed by atoms with E-state index >= 15 is 0 Å². The average Bonchev–Trinajstić information content (AvgIpc) is 3.00. The van der Waals surface area contributed by atoms with Gasteiger partial charge in [0.1, 0.15) is 11.5 Å². The van der Waals surface area contributed by atoms with Gasteiger partial charge in [0.05, 0.1) is 16.1 Å². The van der Waals surface area contributed by atoms with Gasteiger partial charge in [-0.1, -0.05) is 53.5 Å². The van der Waals surface area contributed by atoms with E-state index in [9.17, 15) is 14.4 Å². The van der Waals surface area contributed by atoms with E-state index in [1.165, 1.54) is 18.2 Å². The zero-order valence-electron chi connectivity index (χ0n) is 16.3. The normalized spacial score (nSPS) is 19.3. The molecular weight excluding hydrogens is 413 g/mol. The molecule has 0 N–H and O–H groups in total. The zero-order valence-corrected chi connectivity index (χ0v) is 17.8. The lowest BCUT2D eigenvalue weighted by Crippen LogP contribution is -2.40. The molecule has 0 bridgehead atoms. The molecule has 7 heteroatoms. The number of rotatable bonds is 3. The summed E-state index contributed by atoms with van der Waals surface area (Å²) in [5, 5.41) is 0.546. The summed E-state index contributed by atoms with van der Waals surface area (Å²) in [6.45, 7) is 5.17. The number of halogens is 2. The largest absolute Gasteiger partial charge is 0.443 e. The molecule has 0 spiro atoms. The SMILES string of the molecule is CC(C)(C)OC(=O)N1C(=O)C(C(=O)c2ccc(Cl)c(Cl)c2)CC1c1ccccc1. The third-order valence-electron chi connectivity index (χ3n) is 4.60. The molecule has 3 rings (SSSR count). The van der Waals surface area contributed by atoms with Crippen molar-refractivity contribution in [1.29, 1.82) is 0 Å². The van der Waals surface area contributed by atoms with Crippen molar-refractivity contribution in [2.24, 2.45) is 5.92 Å². The van der Waals surface area contributed by atoms with E-state index < -0.39 is 35.3 Å². The van der Waals surface area contributed by atoms with Gasteiger partial charge in [-0.2, -0.15) is 0 Å². The molecule has 29 heavy (non-hydrogen) atoms. The van der Waals surface area contributed by atoms with Gasteiger partial charge in [-0.15, -0.1) is 0 Å². The van der Waals surface area contributed by atoms with Crippen LogP contribution in [0, 0.1) is 5.92 Å². The van der Waals surface area contributed by atoms with Crippen LogP contribution in [0.1, 0.15) is 49.2 Å². The van der Waals surface area contributed by atoms with Crippen LogP contribution < -0.4 is 0 Å². The Labute approximate surface area is 179 Å². The van der Waals surface area contributed by atoms with Crippen molar-refractivity contribution in [1.82, 2.24) is 4.90 Å². The summed E-state index contributed by atoms with van der Waals surface area (Å²) in [6.07, 6.45) is -0.595. The fourth-order valence-electron chi connectivity index (χ4n) is 3.31. The molecule has 0 aromatic heterocycles. The standard InChI is InChI=1S/C22H21Cl2NO4/c1-22(2,3)29-21(28)25-18(13-7-5-4-6-8-13)12-15(20(25)27)19(26)14-9-10-16(23)17(24)11-14/h4-11,15,18H,12H2,1-3H3.